The highest BCUT2D eigenvalue weighted by molar-refractivity contribution is 6.27. The zero-order valence-corrected chi connectivity index (χ0v) is 13.0. The molecule has 124 valence electrons. The first-order valence-corrected chi connectivity index (χ1v) is 7.30. The molecule has 6 heteroatoms. The van der Waals surface area contributed by atoms with Crippen molar-refractivity contribution in [3.05, 3.63) is 65.2 Å². The minimum absolute atomic E-state index is 0.235. The molecule has 0 saturated heterocycles. The van der Waals surface area contributed by atoms with Gasteiger partial charge in [-0.25, -0.2) is 4.90 Å². The second-order valence-corrected chi connectivity index (χ2v) is 6.13. The number of fused-ring (bicyclic) bond motifs is 1. The lowest BCUT2D eigenvalue weighted by atomic mass is 9.77. The maximum atomic E-state index is 13.3. The highest BCUT2D eigenvalue weighted by Crippen LogP contribution is 2.41. The minimum Gasteiger partial charge on any atom is -0.273 e. The van der Waals surface area contributed by atoms with Crippen LogP contribution in [0.15, 0.2) is 48.5 Å². The zero-order valence-electron chi connectivity index (χ0n) is 13.0. The van der Waals surface area contributed by atoms with Crippen molar-refractivity contribution in [3.8, 4) is 0 Å². The van der Waals surface area contributed by atoms with Gasteiger partial charge in [-0.05, 0) is 37.6 Å². The maximum absolute atomic E-state index is 13.3. The fourth-order valence-corrected chi connectivity index (χ4v) is 2.95. The molecule has 0 aromatic heterocycles. The zero-order chi connectivity index (χ0) is 17.7. The fourth-order valence-electron chi connectivity index (χ4n) is 2.95. The average molecular weight is 333 g/mol. The molecule has 0 fully saturated rings. The van der Waals surface area contributed by atoms with Gasteiger partial charge in [0.05, 0.1) is 16.7 Å². The molecule has 0 aliphatic carbocycles. The summed E-state index contributed by atoms with van der Waals surface area (Å²) in [4.78, 5) is 26.2. The summed E-state index contributed by atoms with van der Waals surface area (Å²) in [6.07, 6.45) is -4.67. The van der Waals surface area contributed by atoms with Crippen LogP contribution in [0.3, 0.4) is 0 Å². The fraction of sp³-hybridized carbons (Fsp3) is 0.222. The Kier molecular flexibility index (Phi) is 3.51. The van der Waals surface area contributed by atoms with Gasteiger partial charge >= 0.3 is 6.18 Å². The highest BCUT2D eigenvalue weighted by atomic mass is 19.4. The molecule has 0 unspecified atom stereocenters. The first kappa shape index (κ1) is 16.2. The Labute approximate surface area is 136 Å². The second-order valence-electron chi connectivity index (χ2n) is 6.13. The summed E-state index contributed by atoms with van der Waals surface area (Å²) < 4.78 is 39.9. The van der Waals surface area contributed by atoms with Crippen molar-refractivity contribution in [2.24, 2.45) is 0 Å². The van der Waals surface area contributed by atoms with E-state index in [0.29, 0.717) is 10.5 Å². The topological polar surface area (TPSA) is 37.4 Å². The molecular formula is C18H14F3NO2. The molecule has 0 bridgehead atoms. The number of benzene rings is 2. The van der Waals surface area contributed by atoms with Crippen LogP contribution in [0.4, 0.5) is 18.9 Å². The molecule has 3 rings (SSSR count). The van der Waals surface area contributed by atoms with Crippen LogP contribution in [0.5, 0.6) is 0 Å². The molecule has 1 heterocycles. The van der Waals surface area contributed by atoms with Gasteiger partial charge in [-0.1, -0.05) is 30.3 Å². The van der Waals surface area contributed by atoms with Gasteiger partial charge in [0, 0.05) is 5.56 Å². The number of imide groups is 1. The Bertz CT molecular complexity index is 840. The van der Waals surface area contributed by atoms with E-state index >= 15 is 0 Å². The van der Waals surface area contributed by atoms with E-state index in [0.717, 1.165) is 12.1 Å². The SMILES string of the molecule is CC1(C)C(=O)N(c2ccccc2C(F)(F)F)C(=O)c2ccccc21. The number of rotatable bonds is 1. The van der Waals surface area contributed by atoms with Crippen molar-refractivity contribution in [3.63, 3.8) is 0 Å². The first-order valence-electron chi connectivity index (χ1n) is 7.30. The van der Waals surface area contributed by atoms with Crippen molar-refractivity contribution in [1.82, 2.24) is 0 Å². The van der Waals surface area contributed by atoms with E-state index in [9.17, 15) is 22.8 Å². The van der Waals surface area contributed by atoms with E-state index in [1.807, 2.05) is 0 Å². The number of halogens is 3. The van der Waals surface area contributed by atoms with Gasteiger partial charge in [0.2, 0.25) is 5.91 Å². The number of hydrogen-bond donors (Lipinski definition) is 0. The molecule has 24 heavy (non-hydrogen) atoms. The molecule has 0 radical (unpaired) electrons. The Morgan fingerprint density at radius 3 is 2.17 bits per heavy atom. The van der Waals surface area contributed by atoms with Crippen molar-refractivity contribution in [2.75, 3.05) is 4.90 Å². The number of carbonyl (C=O) groups excluding carboxylic acids is 2. The Morgan fingerprint density at radius 1 is 0.917 bits per heavy atom. The van der Waals surface area contributed by atoms with E-state index in [-0.39, 0.29) is 5.56 Å². The van der Waals surface area contributed by atoms with Crippen LogP contribution in [0.25, 0.3) is 0 Å². The average Bonchev–Trinajstić information content (AvgIpc) is 2.53. The summed E-state index contributed by atoms with van der Waals surface area (Å²) in [5.41, 5.74) is -1.81. The predicted molar refractivity (Wildman–Crippen MR) is 82.7 cm³/mol. The van der Waals surface area contributed by atoms with Crippen LogP contribution < -0.4 is 4.90 Å². The van der Waals surface area contributed by atoms with E-state index in [2.05, 4.69) is 0 Å². The molecule has 0 atom stereocenters. The van der Waals surface area contributed by atoms with E-state index in [1.54, 1.807) is 32.0 Å². The quantitative estimate of drug-likeness (QED) is 0.735. The Balaban J connectivity index is 2.25. The van der Waals surface area contributed by atoms with Gasteiger partial charge in [0.25, 0.3) is 5.91 Å². The minimum atomic E-state index is -4.67. The lowest BCUT2D eigenvalue weighted by Crippen LogP contribution is -2.52. The summed E-state index contributed by atoms with van der Waals surface area (Å²) >= 11 is 0. The molecule has 2 aromatic carbocycles. The van der Waals surface area contributed by atoms with Crippen LogP contribution in [-0.2, 0) is 16.4 Å². The molecule has 0 N–H and O–H groups in total. The summed E-state index contributed by atoms with van der Waals surface area (Å²) in [6, 6.07) is 11.1. The van der Waals surface area contributed by atoms with E-state index in [1.165, 1.54) is 18.2 Å². The highest BCUT2D eigenvalue weighted by Gasteiger charge is 2.47. The lowest BCUT2D eigenvalue weighted by Gasteiger charge is -2.38. The summed E-state index contributed by atoms with van der Waals surface area (Å²) in [5, 5.41) is 0. The van der Waals surface area contributed by atoms with Gasteiger partial charge in [-0.15, -0.1) is 0 Å². The molecule has 2 aromatic rings. The first-order chi connectivity index (χ1) is 11.2. The largest absolute Gasteiger partial charge is 0.418 e. The third-order valence-corrected chi connectivity index (χ3v) is 4.22. The van der Waals surface area contributed by atoms with Crippen LogP contribution in [0.1, 0.15) is 35.3 Å². The number of amides is 2. The van der Waals surface area contributed by atoms with Crippen molar-refractivity contribution in [2.45, 2.75) is 25.4 Å². The number of para-hydroxylation sites is 1. The van der Waals surface area contributed by atoms with Crippen LogP contribution in [-0.4, -0.2) is 11.8 Å². The maximum Gasteiger partial charge on any atom is 0.418 e. The Hall–Kier alpha value is -2.63. The van der Waals surface area contributed by atoms with Crippen LogP contribution >= 0.6 is 0 Å². The Morgan fingerprint density at radius 2 is 1.50 bits per heavy atom. The second kappa shape index (κ2) is 5.19. The van der Waals surface area contributed by atoms with Gasteiger partial charge in [-0.2, -0.15) is 13.2 Å². The normalized spacial score (nSPS) is 17.0. The van der Waals surface area contributed by atoms with Crippen molar-refractivity contribution in [1.29, 1.82) is 0 Å². The third-order valence-electron chi connectivity index (χ3n) is 4.22. The smallest absolute Gasteiger partial charge is 0.273 e. The molecular weight excluding hydrogens is 319 g/mol. The number of alkyl halides is 3. The van der Waals surface area contributed by atoms with Gasteiger partial charge < -0.3 is 0 Å². The van der Waals surface area contributed by atoms with Crippen molar-refractivity contribution >= 4 is 17.5 Å². The van der Waals surface area contributed by atoms with Gasteiger partial charge in [0.1, 0.15) is 0 Å². The number of hydrogen-bond acceptors (Lipinski definition) is 2. The number of carbonyl (C=O) groups is 2. The summed E-state index contributed by atoms with van der Waals surface area (Å²) in [5.74, 6) is -1.42. The molecule has 0 saturated carbocycles. The van der Waals surface area contributed by atoms with E-state index in [4.69, 9.17) is 0 Å². The van der Waals surface area contributed by atoms with Gasteiger partial charge in [-0.3, -0.25) is 9.59 Å². The molecule has 3 nitrogen and oxygen atoms in total. The van der Waals surface area contributed by atoms with Crippen LogP contribution in [0, 0.1) is 0 Å². The van der Waals surface area contributed by atoms with Crippen LogP contribution in [0.2, 0.25) is 0 Å². The summed E-state index contributed by atoms with van der Waals surface area (Å²) in [6.45, 7) is 3.20. The predicted octanol–water partition coefficient (Wildman–Crippen LogP) is 4.17. The van der Waals surface area contributed by atoms with Crippen molar-refractivity contribution < 1.29 is 22.8 Å². The third kappa shape index (κ3) is 2.29. The lowest BCUT2D eigenvalue weighted by molar-refractivity contribution is -0.137. The number of anilines is 1. The van der Waals surface area contributed by atoms with E-state index < -0.39 is 34.7 Å². The molecule has 2 amide bonds. The summed E-state index contributed by atoms with van der Waals surface area (Å²) in [7, 11) is 0. The standard InChI is InChI=1S/C18H14F3NO2/c1-17(2)12-8-4-3-7-11(12)15(23)22(16(17)24)14-10-6-5-9-13(14)18(19,20)21/h3-10H,1-2H3. The van der Waals surface area contributed by atoms with Gasteiger partial charge in [0.15, 0.2) is 0 Å². The number of nitrogens with zero attached hydrogens (tertiary/aromatic N) is 1. The molecule has 0 spiro atoms. The molecule has 1 aliphatic heterocycles. The molecule has 1 aliphatic rings. The monoisotopic (exact) mass is 333 g/mol.